The van der Waals surface area contributed by atoms with Crippen molar-refractivity contribution in [3.63, 3.8) is 0 Å². The maximum atomic E-state index is 5.21. The molecule has 482 valence electrons. The van der Waals surface area contributed by atoms with Gasteiger partial charge < -0.3 is 0 Å². The molecule has 0 saturated carbocycles. The molecule has 21 rings (SSSR count). The van der Waals surface area contributed by atoms with E-state index in [0.29, 0.717) is 0 Å². The Morgan fingerprint density at radius 3 is 1.09 bits per heavy atom. The van der Waals surface area contributed by atoms with E-state index in [1.165, 1.54) is 5.39 Å². The Labute approximate surface area is 596 Å². The summed E-state index contributed by atoms with van der Waals surface area (Å²) in [5.41, 5.74) is 25.9. The number of benzene rings is 11. The highest BCUT2D eigenvalue weighted by atomic mass is 14.8. The van der Waals surface area contributed by atoms with E-state index < -0.39 is 0 Å². The third-order valence-corrected chi connectivity index (χ3v) is 20.1. The summed E-state index contributed by atoms with van der Waals surface area (Å²) in [5, 5.41) is 13.2. The zero-order valence-corrected chi connectivity index (χ0v) is 55.8. The second kappa shape index (κ2) is 24.9. The minimum Gasteiger partial charge on any atom is -0.256 e. The first-order valence-electron chi connectivity index (χ1n) is 34.7. The van der Waals surface area contributed by atoms with Crippen molar-refractivity contribution in [2.24, 2.45) is 0 Å². The Morgan fingerprint density at radius 2 is 0.510 bits per heavy atom. The Bertz CT molecular complexity index is 7070. The van der Waals surface area contributed by atoms with Crippen molar-refractivity contribution >= 4 is 120 Å². The van der Waals surface area contributed by atoms with Gasteiger partial charge in [0.15, 0.2) is 0 Å². The van der Waals surface area contributed by atoms with Crippen molar-refractivity contribution in [1.82, 2.24) is 49.8 Å². The van der Waals surface area contributed by atoms with Crippen molar-refractivity contribution in [3.8, 4) is 89.7 Å². The Hall–Kier alpha value is -14.2. The topological polar surface area (TPSA) is 129 Å². The van der Waals surface area contributed by atoms with Crippen LogP contribution >= 0.6 is 0 Å². The molecule has 11 aromatic carbocycles. The molecule has 0 aliphatic heterocycles. The standard InChI is InChI=1S/C49H29N5.C45H27N5/c1-2-10-39-38(9-1)37(21-22-40(39)43-25-20-34-15-14-33-8-5-27-51-48(33)49(34)54-43)35-16-12-30-18-23-42(52-45(30)28-35)36-17-13-31-19-24-44(53-46(31)29-36)41-11-3-6-32-7-4-26-50-47(32)41;1-5-32-6-2-22-46-43(32)37(8-1)40-21-19-31-15-17-34(27-42(31)50-40)39-20-18-30-14-16-33(26-41(30)49-39)28-10-12-29(13-11-28)38-25-35-7-3-23-47-44(35)45-36(38)9-4-24-48-45/h1-29H;1-27H. The van der Waals surface area contributed by atoms with Gasteiger partial charge in [-0.05, 0) is 135 Å². The molecule has 0 bridgehead atoms. The van der Waals surface area contributed by atoms with E-state index >= 15 is 0 Å². The van der Waals surface area contributed by atoms with Gasteiger partial charge in [-0.25, -0.2) is 24.9 Å². The molecule has 21 aromatic rings. The average Bonchev–Trinajstić information content (AvgIpc) is 0.767. The highest BCUT2D eigenvalue weighted by Gasteiger charge is 2.18. The summed E-state index contributed by atoms with van der Waals surface area (Å²) in [4.78, 5) is 49.0. The van der Waals surface area contributed by atoms with Crippen LogP contribution in [0.15, 0.2) is 340 Å². The zero-order chi connectivity index (χ0) is 68.6. The number of rotatable bonds is 8. The molecule has 0 saturated heterocycles. The van der Waals surface area contributed by atoms with Gasteiger partial charge in [-0.3, -0.25) is 24.9 Å². The molecule has 10 heteroatoms. The normalized spacial score (nSPS) is 11.7. The van der Waals surface area contributed by atoms with Gasteiger partial charge in [0, 0.05) is 113 Å². The van der Waals surface area contributed by atoms with E-state index in [2.05, 4.69) is 304 Å². The molecule has 0 spiro atoms. The maximum Gasteiger partial charge on any atom is 0.0972 e. The number of pyridine rings is 10. The molecule has 0 atom stereocenters. The van der Waals surface area contributed by atoms with Crippen LogP contribution in [0.1, 0.15) is 0 Å². The predicted octanol–water partition coefficient (Wildman–Crippen LogP) is 23.3. The highest BCUT2D eigenvalue weighted by molar-refractivity contribution is 6.11. The van der Waals surface area contributed by atoms with Gasteiger partial charge in [0.1, 0.15) is 0 Å². The first-order valence-corrected chi connectivity index (χ1v) is 34.7. The Morgan fingerprint density at radius 1 is 0.154 bits per heavy atom. The number of para-hydroxylation sites is 2. The quantitative estimate of drug-likeness (QED) is 0.136. The first-order chi connectivity index (χ1) is 51.5. The van der Waals surface area contributed by atoms with E-state index in [1.807, 2.05) is 61.3 Å². The van der Waals surface area contributed by atoms with Crippen LogP contribution in [-0.2, 0) is 0 Å². The summed E-state index contributed by atoms with van der Waals surface area (Å²) in [6.45, 7) is 0. The lowest BCUT2D eigenvalue weighted by molar-refractivity contribution is 1.36. The number of nitrogens with zero attached hydrogens (tertiary/aromatic N) is 10. The number of aromatic nitrogens is 10. The van der Waals surface area contributed by atoms with Crippen molar-refractivity contribution in [2.75, 3.05) is 0 Å². The molecule has 0 fully saturated rings. The van der Waals surface area contributed by atoms with Gasteiger partial charge in [0.2, 0.25) is 0 Å². The fraction of sp³-hybridized carbons (Fsp3) is 0. The third kappa shape index (κ3) is 10.7. The molecule has 0 amide bonds. The van der Waals surface area contributed by atoms with Crippen LogP contribution in [0.3, 0.4) is 0 Å². The van der Waals surface area contributed by atoms with Crippen LogP contribution in [0, 0.1) is 0 Å². The van der Waals surface area contributed by atoms with Crippen molar-refractivity contribution in [2.45, 2.75) is 0 Å². The monoisotopic (exact) mass is 1320 g/mol. The van der Waals surface area contributed by atoms with E-state index in [0.717, 1.165) is 204 Å². The minimum absolute atomic E-state index is 0.903. The van der Waals surface area contributed by atoms with E-state index in [-0.39, 0.29) is 0 Å². The minimum atomic E-state index is 0.903. The number of hydrogen-bond acceptors (Lipinski definition) is 10. The summed E-state index contributed by atoms with van der Waals surface area (Å²) < 4.78 is 0. The zero-order valence-electron chi connectivity index (χ0n) is 55.8. The molecule has 0 radical (unpaired) electrons. The third-order valence-electron chi connectivity index (χ3n) is 20.1. The average molecular weight is 1330 g/mol. The Balaban J connectivity index is 0.000000139. The molecule has 0 aliphatic rings. The molecule has 0 aliphatic carbocycles. The molecule has 0 N–H and O–H groups in total. The van der Waals surface area contributed by atoms with Gasteiger partial charge >= 0.3 is 0 Å². The van der Waals surface area contributed by atoms with E-state index in [4.69, 9.17) is 24.9 Å². The van der Waals surface area contributed by atoms with Crippen LogP contribution in [0.2, 0.25) is 0 Å². The fourth-order valence-corrected chi connectivity index (χ4v) is 14.9. The largest absolute Gasteiger partial charge is 0.256 e. The lowest BCUT2D eigenvalue weighted by atomic mass is 9.93. The van der Waals surface area contributed by atoms with Crippen molar-refractivity contribution in [1.29, 1.82) is 0 Å². The van der Waals surface area contributed by atoms with Gasteiger partial charge in [-0.2, -0.15) is 0 Å². The molecular weight excluding hydrogens is 1270 g/mol. The van der Waals surface area contributed by atoms with Crippen LogP contribution in [-0.4, -0.2) is 49.8 Å². The lowest BCUT2D eigenvalue weighted by Gasteiger charge is -2.13. The van der Waals surface area contributed by atoms with Gasteiger partial charge in [0.25, 0.3) is 0 Å². The van der Waals surface area contributed by atoms with Gasteiger partial charge in [-0.1, -0.05) is 218 Å². The van der Waals surface area contributed by atoms with Gasteiger partial charge in [0.05, 0.1) is 83.6 Å². The van der Waals surface area contributed by atoms with Crippen LogP contribution < -0.4 is 0 Å². The first kappa shape index (κ1) is 59.8. The SMILES string of the molecule is c1cnc2c(-c3ccc4ccc(-c5ccc6ccc(-c7ccc(-c8cc9cccnc9c9ncccc89)cc7)cc6n5)cc4n3)cccc2c1.c1cnc2c(-c3ccc4ccc(-c5ccc6ccc(-c7ccc(-c8ccc9ccc%10cccnc%10c9n8)c8ccccc78)cc6n5)cc4n3)cccc2c1. The molecule has 10 nitrogen and oxygen atoms in total. The molecule has 10 heterocycles. The van der Waals surface area contributed by atoms with Crippen LogP contribution in [0.25, 0.3) is 209 Å². The van der Waals surface area contributed by atoms with Gasteiger partial charge in [-0.15, -0.1) is 0 Å². The van der Waals surface area contributed by atoms with E-state index in [9.17, 15) is 0 Å². The van der Waals surface area contributed by atoms with Crippen LogP contribution in [0.5, 0.6) is 0 Å². The molecule has 10 aromatic heterocycles. The molecule has 0 unspecified atom stereocenters. The van der Waals surface area contributed by atoms with Crippen molar-refractivity contribution < 1.29 is 0 Å². The number of hydrogen-bond donors (Lipinski definition) is 0. The van der Waals surface area contributed by atoms with Crippen LogP contribution in [0.4, 0.5) is 0 Å². The summed E-state index contributed by atoms with van der Waals surface area (Å²) in [6.07, 6.45) is 9.16. The second-order valence-corrected chi connectivity index (χ2v) is 26.3. The summed E-state index contributed by atoms with van der Waals surface area (Å²) in [6, 6.07) is 108. The molecule has 104 heavy (non-hydrogen) atoms. The molecular formula is C94H56N10. The number of fused-ring (bicyclic) bond motifs is 13. The fourth-order valence-electron chi connectivity index (χ4n) is 14.9. The lowest BCUT2D eigenvalue weighted by Crippen LogP contribution is -1.92. The Kier molecular flexibility index (Phi) is 14.3. The maximum absolute atomic E-state index is 5.21. The smallest absolute Gasteiger partial charge is 0.0972 e. The summed E-state index contributed by atoms with van der Waals surface area (Å²) in [7, 11) is 0. The second-order valence-electron chi connectivity index (χ2n) is 26.3. The summed E-state index contributed by atoms with van der Waals surface area (Å²) >= 11 is 0. The predicted molar refractivity (Wildman–Crippen MR) is 427 cm³/mol. The van der Waals surface area contributed by atoms with Crippen molar-refractivity contribution in [3.05, 3.63) is 340 Å². The van der Waals surface area contributed by atoms with E-state index in [1.54, 1.807) is 0 Å². The summed E-state index contributed by atoms with van der Waals surface area (Å²) in [5.74, 6) is 0. The highest BCUT2D eigenvalue weighted by Crippen LogP contribution is 2.40.